The van der Waals surface area contributed by atoms with E-state index in [9.17, 15) is 5.11 Å². The van der Waals surface area contributed by atoms with Gasteiger partial charge in [0.1, 0.15) is 5.75 Å². The average molecular weight is 279 g/mol. The van der Waals surface area contributed by atoms with Crippen molar-refractivity contribution in [2.75, 3.05) is 13.2 Å². The summed E-state index contributed by atoms with van der Waals surface area (Å²) >= 11 is 0. The maximum absolute atomic E-state index is 9.37. The molecule has 0 radical (unpaired) electrons. The third-order valence-corrected chi connectivity index (χ3v) is 3.79. The highest BCUT2D eigenvalue weighted by Crippen LogP contribution is 2.14. The standard InChI is InChI=1S/C17H29NO2/c1-4-6-7-12-20-16-10-8-15(9-11-16)13-18-17(3,5-2)14-19/h8-11,18-19H,4-7,12-14H2,1-3H3. The van der Waals surface area contributed by atoms with Crippen LogP contribution in [0.3, 0.4) is 0 Å². The molecule has 3 heteroatoms. The van der Waals surface area contributed by atoms with Gasteiger partial charge in [-0.25, -0.2) is 0 Å². The van der Waals surface area contributed by atoms with Crippen molar-refractivity contribution in [2.45, 2.75) is 58.5 Å². The highest BCUT2D eigenvalue weighted by atomic mass is 16.5. The van der Waals surface area contributed by atoms with E-state index >= 15 is 0 Å². The molecular formula is C17H29NO2. The SMILES string of the molecule is CCCCCOc1ccc(CNC(C)(CC)CO)cc1. The van der Waals surface area contributed by atoms with Crippen molar-refractivity contribution in [2.24, 2.45) is 0 Å². The number of hydrogen-bond acceptors (Lipinski definition) is 3. The molecule has 1 unspecified atom stereocenters. The van der Waals surface area contributed by atoms with Crippen LogP contribution in [0.15, 0.2) is 24.3 Å². The van der Waals surface area contributed by atoms with Gasteiger partial charge in [-0.1, -0.05) is 38.8 Å². The third kappa shape index (κ3) is 5.93. The number of aliphatic hydroxyl groups is 1. The number of nitrogens with one attached hydrogen (secondary N) is 1. The van der Waals surface area contributed by atoms with Crippen LogP contribution in [-0.4, -0.2) is 23.9 Å². The van der Waals surface area contributed by atoms with Gasteiger partial charge in [-0.3, -0.25) is 0 Å². The van der Waals surface area contributed by atoms with Crippen LogP contribution in [0.2, 0.25) is 0 Å². The van der Waals surface area contributed by atoms with Crippen LogP contribution >= 0.6 is 0 Å². The molecule has 0 spiro atoms. The van der Waals surface area contributed by atoms with Gasteiger partial charge in [-0.05, 0) is 37.5 Å². The lowest BCUT2D eigenvalue weighted by molar-refractivity contribution is 0.169. The summed E-state index contributed by atoms with van der Waals surface area (Å²) in [5.74, 6) is 0.935. The van der Waals surface area contributed by atoms with Crippen LogP contribution in [-0.2, 0) is 6.54 Å². The smallest absolute Gasteiger partial charge is 0.119 e. The molecule has 0 heterocycles. The Morgan fingerprint density at radius 1 is 1.15 bits per heavy atom. The quantitative estimate of drug-likeness (QED) is 0.644. The van der Waals surface area contributed by atoms with Crippen molar-refractivity contribution in [3.8, 4) is 5.75 Å². The molecule has 0 aromatic heterocycles. The Bertz CT molecular complexity index is 358. The molecule has 3 nitrogen and oxygen atoms in total. The van der Waals surface area contributed by atoms with Crippen LogP contribution in [0, 0.1) is 0 Å². The van der Waals surface area contributed by atoms with E-state index in [0.29, 0.717) is 0 Å². The fourth-order valence-electron chi connectivity index (χ4n) is 1.85. The van der Waals surface area contributed by atoms with Crippen molar-refractivity contribution in [3.63, 3.8) is 0 Å². The van der Waals surface area contributed by atoms with Gasteiger partial charge in [0.15, 0.2) is 0 Å². The summed E-state index contributed by atoms with van der Waals surface area (Å²) in [6.45, 7) is 8.03. The second-order valence-corrected chi connectivity index (χ2v) is 5.63. The molecule has 0 fully saturated rings. The van der Waals surface area contributed by atoms with Gasteiger partial charge in [0.2, 0.25) is 0 Å². The lowest BCUT2D eigenvalue weighted by Crippen LogP contribution is -2.44. The van der Waals surface area contributed by atoms with Crippen LogP contribution in [0.5, 0.6) is 5.75 Å². The first-order valence-electron chi connectivity index (χ1n) is 7.71. The van der Waals surface area contributed by atoms with Gasteiger partial charge in [-0.15, -0.1) is 0 Å². The highest BCUT2D eigenvalue weighted by Gasteiger charge is 2.19. The summed E-state index contributed by atoms with van der Waals surface area (Å²) in [5, 5.41) is 12.8. The van der Waals surface area contributed by atoms with Crippen molar-refractivity contribution < 1.29 is 9.84 Å². The second kappa shape index (κ2) is 8.98. The molecule has 1 rings (SSSR count). The monoisotopic (exact) mass is 279 g/mol. The van der Waals surface area contributed by atoms with Crippen LogP contribution in [0.1, 0.15) is 52.0 Å². The second-order valence-electron chi connectivity index (χ2n) is 5.63. The minimum atomic E-state index is -0.199. The summed E-state index contributed by atoms with van der Waals surface area (Å²) in [6.07, 6.45) is 4.46. The number of benzene rings is 1. The molecule has 1 aromatic rings. The zero-order valence-corrected chi connectivity index (χ0v) is 13.1. The van der Waals surface area contributed by atoms with Crippen LogP contribution in [0.4, 0.5) is 0 Å². The first kappa shape index (κ1) is 17.0. The first-order chi connectivity index (χ1) is 9.63. The molecule has 20 heavy (non-hydrogen) atoms. The Morgan fingerprint density at radius 3 is 2.40 bits per heavy atom. The summed E-state index contributed by atoms with van der Waals surface area (Å²) in [5.41, 5.74) is 1.01. The fourth-order valence-corrected chi connectivity index (χ4v) is 1.85. The molecule has 0 bridgehead atoms. The summed E-state index contributed by atoms with van der Waals surface area (Å²) < 4.78 is 5.69. The van der Waals surface area contributed by atoms with E-state index in [4.69, 9.17) is 4.74 Å². The summed E-state index contributed by atoms with van der Waals surface area (Å²) in [7, 11) is 0. The normalized spacial score (nSPS) is 14.0. The number of hydrogen-bond donors (Lipinski definition) is 2. The van der Waals surface area contributed by atoms with E-state index in [-0.39, 0.29) is 12.1 Å². The molecule has 0 saturated carbocycles. The maximum Gasteiger partial charge on any atom is 0.119 e. The van der Waals surface area contributed by atoms with E-state index in [1.807, 2.05) is 19.1 Å². The zero-order valence-electron chi connectivity index (χ0n) is 13.1. The third-order valence-electron chi connectivity index (χ3n) is 3.79. The number of rotatable bonds is 10. The molecule has 0 aliphatic rings. The molecular weight excluding hydrogens is 250 g/mol. The van der Waals surface area contributed by atoms with Gasteiger partial charge in [-0.2, -0.15) is 0 Å². The van der Waals surface area contributed by atoms with Crippen molar-refractivity contribution in [1.82, 2.24) is 5.32 Å². The van der Waals surface area contributed by atoms with Crippen LogP contribution < -0.4 is 10.1 Å². The Hall–Kier alpha value is -1.06. The van der Waals surface area contributed by atoms with Gasteiger partial charge in [0.05, 0.1) is 13.2 Å². The van der Waals surface area contributed by atoms with Gasteiger partial charge in [0, 0.05) is 12.1 Å². The zero-order chi connectivity index (χ0) is 14.8. The predicted molar refractivity (Wildman–Crippen MR) is 84.1 cm³/mol. The Morgan fingerprint density at radius 2 is 1.85 bits per heavy atom. The Balaban J connectivity index is 2.38. The van der Waals surface area contributed by atoms with E-state index in [0.717, 1.165) is 31.7 Å². The molecule has 0 aliphatic heterocycles. The lowest BCUT2D eigenvalue weighted by atomic mass is 10.00. The summed E-state index contributed by atoms with van der Waals surface area (Å²) in [4.78, 5) is 0. The average Bonchev–Trinajstić information content (AvgIpc) is 2.50. The van der Waals surface area contributed by atoms with Gasteiger partial charge >= 0.3 is 0 Å². The van der Waals surface area contributed by atoms with Gasteiger partial charge in [0.25, 0.3) is 0 Å². The molecule has 0 aliphatic carbocycles. The van der Waals surface area contributed by atoms with Crippen molar-refractivity contribution in [3.05, 3.63) is 29.8 Å². The van der Waals surface area contributed by atoms with E-state index in [2.05, 4.69) is 31.3 Å². The lowest BCUT2D eigenvalue weighted by Gasteiger charge is -2.27. The van der Waals surface area contributed by atoms with E-state index < -0.39 is 0 Å². The van der Waals surface area contributed by atoms with Crippen LogP contribution in [0.25, 0.3) is 0 Å². The molecule has 0 saturated heterocycles. The maximum atomic E-state index is 9.37. The van der Waals surface area contributed by atoms with E-state index in [1.54, 1.807) is 0 Å². The minimum absolute atomic E-state index is 0.155. The molecule has 1 aromatic carbocycles. The molecule has 114 valence electrons. The minimum Gasteiger partial charge on any atom is -0.494 e. The summed E-state index contributed by atoms with van der Waals surface area (Å²) in [6, 6.07) is 8.20. The van der Waals surface area contributed by atoms with E-state index in [1.165, 1.54) is 18.4 Å². The number of aliphatic hydroxyl groups excluding tert-OH is 1. The van der Waals surface area contributed by atoms with Crippen molar-refractivity contribution in [1.29, 1.82) is 0 Å². The molecule has 2 N–H and O–H groups in total. The molecule has 0 amide bonds. The number of unbranched alkanes of at least 4 members (excludes halogenated alkanes) is 2. The topological polar surface area (TPSA) is 41.5 Å². The number of ether oxygens (including phenoxy) is 1. The molecule has 1 atom stereocenters. The first-order valence-corrected chi connectivity index (χ1v) is 7.71. The van der Waals surface area contributed by atoms with Gasteiger partial charge < -0.3 is 15.2 Å². The fraction of sp³-hybridized carbons (Fsp3) is 0.647. The predicted octanol–water partition coefficient (Wildman–Crippen LogP) is 3.51. The largest absolute Gasteiger partial charge is 0.494 e. The Labute approximate surface area is 123 Å². The Kier molecular flexibility index (Phi) is 7.63. The van der Waals surface area contributed by atoms with Crippen molar-refractivity contribution >= 4 is 0 Å². The highest BCUT2D eigenvalue weighted by molar-refractivity contribution is 5.27.